The minimum Gasteiger partial charge on any atom is -0.394 e. The minimum atomic E-state index is -0.377. The van der Waals surface area contributed by atoms with Gasteiger partial charge in [0.1, 0.15) is 0 Å². The third-order valence-corrected chi connectivity index (χ3v) is 3.97. The number of hydrogen-bond acceptors (Lipinski definition) is 3. The Morgan fingerprint density at radius 2 is 2.10 bits per heavy atom. The summed E-state index contributed by atoms with van der Waals surface area (Å²) in [6.45, 7) is 1.89. The third-order valence-electron chi connectivity index (χ3n) is 2.99. The van der Waals surface area contributed by atoms with Crippen molar-refractivity contribution in [3.8, 4) is 0 Å². The molecule has 104 valence electrons. The molecule has 1 amide bonds. The zero-order chi connectivity index (χ0) is 14.4. The van der Waals surface area contributed by atoms with Crippen LogP contribution < -0.4 is 5.32 Å². The number of rotatable bonds is 5. The van der Waals surface area contributed by atoms with Gasteiger partial charge in [-0.3, -0.25) is 4.79 Å². The molecule has 0 bridgehead atoms. The predicted molar refractivity (Wildman–Crippen MR) is 82.5 cm³/mol. The molecule has 1 unspecified atom stereocenters. The fourth-order valence-corrected chi connectivity index (χ4v) is 2.67. The van der Waals surface area contributed by atoms with Gasteiger partial charge < -0.3 is 10.4 Å². The summed E-state index contributed by atoms with van der Waals surface area (Å²) in [5, 5.41) is 14.2. The average molecular weight is 287 g/mol. The van der Waals surface area contributed by atoms with Gasteiger partial charge in [-0.15, -0.1) is 11.3 Å². The lowest BCUT2D eigenvalue weighted by atomic mass is 10.1. The first kappa shape index (κ1) is 14.5. The highest BCUT2D eigenvalue weighted by atomic mass is 32.1. The standard InChI is InChI=1S/C16H17NO2S/c1-12-9-10-20-15(12)7-8-16(19)17-14(11-18)13-5-3-2-4-6-13/h2-10,14,18H,11H2,1H3,(H,17,19). The van der Waals surface area contributed by atoms with Crippen LogP contribution in [0.25, 0.3) is 6.08 Å². The first-order valence-corrected chi connectivity index (χ1v) is 7.27. The highest BCUT2D eigenvalue weighted by Crippen LogP contribution is 2.17. The highest BCUT2D eigenvalue weighted by Gasteiger charge is 2.11. The lowest BCUT2D eigenvalue weighted by Crippen LogP contribution is -2.29. The van der Waals surface area contributed by atoms with Crippen LogP contribution in [0.3, 0.4) is 0 Å². The van der Waals surface area contributed by atoms with E-state index in [0.717, 1.165) is 16.0 Å². The van der Waals surface area contributed by atoms with Crippen molar-refractivity contribution in [2.45, 2.75) is 13.0 Å². The monoisotopic (exact) mass is 287 g/mol. The van der Waals surface area contributed by atoms with E-state index in [2.05, 4.69) is 5.32 Å². The zero-order valence-corrected chi connectivity index (χ0v) is 12.1. The van der Waals surface area contributed by atoms with Gasteiger partial charge in [0.05, 0.1) is 12.6 Å². The number of hydrogen-bond donors (Lipinski definition) is 2. The van der Waals surface area contributed by atoms with Gasteiger partial charge in [-0.2, -0.15) is 0 Å². The Labute approximate surface area is 122 Å². The van der Waals surface area contributed by atoms with Crippen molar-refractivity contribution in [3.63, 3.8) is 0 Å². The predicted octanol–water partition coefficient (Wildman–Crippen LogP) is 2.92. The Morgan fingerprint density at radius 1 is 1.35 bits per heavy atom. The highest BCUT2D eigenvalue weighted by molar-refractivity contribution is 7.11. The summed E-state index contributed by atoms with van der Waals surface area (Å²) in [6.07, 6.45) is 3.30. The first-order valence-electron chi connectivity index (χ1n) is 6.39. The maximum Gasteiger partial charge on any atom is 0.244 e. The van der Waals surface area contributed by atoms with Crippen LogP contribution in [0.5, 0.6) is 0 Å². The second-order valence-electron chi connectivity index (χ2n) is 4.46. The Kier molecular flexibility index (Phi) is 5.09. The van der Waals surface area contributed by atoms with Crippen LogP contribution in [0.1, 0.15) is 22.0 Å². The minimum absolute atomic E-state index is 0.123. The molecule has 1 heterocycles. The van der Waals surface area contributed by atoms with Crippen LogP contribution in [-0.2, 0) is 4.79 Å². The molecule has 2 N–H and O–H groups in total. The maximum absolute atomic E-state index is 11.9. The Balaban J connectivity index is 2.00. The van der Waals surface area contributed by atoms with Crippen molar-refractivity contribution in [1.29, 1.82) is 0 Å². The summed E-state index contributed by atoms with van der Waals surface area (Å²) in [5.41, 5.74) is 2.05. The SMILES string of the molecule is Cc1ccsc1C=CC(=O)NC(CO)c1ccccc1. The van der Waals surface area contributed by atoms with Gasteiger partial charge in [-0.25, -0.2) is 0 Å². The molecule has 1 aromatic carbocycles. The average Bonchev–Trinajstić information content (AvgIpc) is 2.89. The number of thiophene rings is 1. The number of aryl methyl sites for hydroxylation is 1. The molecule has 0 fully saturated rings. The molecular weight excluding hydrogens is 270 g/mol. The van der Waals surface area contributed by atoms with E-state index in [4.69, 9.17) is 0 Å². The van der Waals surface area contributed by atoms with Crippen LogP contribution >= 0.6 is 11.3 Å². The van der Waals surface area contributed by atoms with E-state index in [1.807, 2.05) is 48.7 Å². The molecule has 4 heteroatoms. The van der Waals surface area contributed by atoms with E-state index in [1.54, 1.807) is 17.4 Å². The first-order chi connectivity index (χ1) is 9.70. The number of carbonyl (C=O) groups is 1. The fourth-order valence-electron chi connectivity index (χ4n) is 1.85. The number of nitrogens with one attached hydrogen (secondary N) is 1. The third kappa shape index (κ3) is 3.79. The van der Waals surface area contributed by atoms with Crippen molar-refractivity contribution in [2.75, 3.05) is 6.61 Å². The Morgan fingerprint density at radius 3 is 2.70 bits per heavy atom. The van der Waals surface area contributed by atoms with Gasteiger partial charge in [-0.1, -0.05) is 30.3 Å². The molecule has 0 saturated heterocycles. The largest absolute Gasteiger partial charge is 0.394 e. The van der Waals surface area contributed by atoms with Crippen LogP contribution in [-0.4, -0.2) is 17.6 Å². The fraction of sp³-hybridized carbons (Fsp3) is 0.188. The molecule has 0 saturated carbocycles. The summed E-state index contributed by atoms with van der Waals surface area (Å²) in [5.74, 6) is -0.208. The summed E-state index contributed by atoms with van der Waals surface area (Å²) >= 11 is 1.60. The van der Waals surface area contributed by atoms with Gasteiger partial charge in [0.25, 0.3) is 0 Å². The molecular formula is C16H17NO2S. The topological polar surface area (TPSA) is 49.3 Å². The lowest BCUT2D eigenvalue weighted by molar-refractivity contribution is -0.117. The molecule has 1 atom stereocenters. The van der Waals surface area contributed by atoms with Crippen molar-refractivity contribution in [2.24, 2.45) is 0 Å². The second kappa shape index (κ2) is 7.03. The molecule has 0 aliphatic heterocycles. The quantitative estimate of drug-likeness (QED) is 0.831. The molecule has 0 radical (unpaired) electrons. The van der Waals surface area contributed by atoms with E-state index in [9.17, 15) is 9.90 Å². The number of aliphatic hydroxyl groups excluding tert-OH is 1. The molecule has 2 aromatic rings. The number of benzene rings is 1. The van der Waals surface area contributed by atoms with Crippen LogP contribution in [0.2, 0.25) is 0 Å². The summed E-state index contributed by atoms with van der Waals surface area (Å²) in [6, 6.07) is 11.1. The number of amides is 1. The van der Waals surface area contributed by atoms with Gasteiger partial charge in [-0.05, 0) is 35.6 Å². The molecule has 1 aromatic heterocycles. The normalized spacial score (nSPS) is 12.5. The molecule has 3 nitrogen and oxygen atoms in total. The molecule has 0 aliphatic carbocycles. The molecule has 0 aliphatic rings. The van der Waals surface area contributed by atoms with Crippen molar-refractivity contribution >= 4 is 23.3 Å². The second-order valence-corrected chi connectivity index (χ2v) is 5.40. The van der Waals surface area contributed by atoms with E-state index in [-0.39, 0.29) is 18.6 Å². The van der Waals surface area contributed by atoms with Crippen molar-refractivity contribution in [1.82, 2.24) is 5.32 Å². The molecule has 2 rings (SSSR count). The summed E-state index contributed by atoms with van der Waals surface area (Å²) < 4.78 is 0. The van der Waals surface area contributed by atoms with Crippen LogP contribution in [0.15, 0.2) is 47.9 Å². The lowest BCUT2D eigenvalue weighted by Gasteiger charge is -2.15. The van der Waals surface area contributed by atoms with Gasteiger partial charge in [0.2, 0.25) is 5.91 Å². The number of aliphatic hydroxyl groups is 1. The Hall–Kier alpha value is -1.91. The van der Waals surface area contributed by atoms with E-state index >= 15 is 0 Å². The molecule has 0 spiro atoms. The molecule has 20 heavy (non-hydrogen) atoms. The summed E-state index contributed by atoms with van der Waals surface area (Å²) in [4.78, 5) is 13.0. The van der Waals surface area contributed by atoms with Gasteiger partial charge >= 0.3 is 0 Å². The zero-order valence-electron chi connectivity index (χ0n) is 11.2. The van der Waals surface area contributed by atoms with Crippen LogP contribution in [0.4, 0.5) is 0 Å². The van der Waals surface area contributed by atoms with E-state index in [0.29, 0.717) is 0 Å². The van der Waals surface area contributed by atoms with Crippen molar-refractivity contribution < 1.29 is 9.90 Å². The van der Waals surface area contributed by atoms with Crippen LogP contribution in [0, 0.1) is 6.92 Å². The van der Waals surface area contributed by atoms with Gasteiger partial charge in [0.15, 0.2) is 0 Å². The Bertz CT molecular complexity index is 590. The number of carbonyl (C=O) groups excluding carboxylic acids is 1. The van der Waals surface area contributed by atoms with E-state index in [1.165, 1.54) is 6.08 Å². The van der Waals surface area contributed by atoms with Crippen molar-refractivity contribution in [3.05, 3.63) is 63.9 Å². The maximum atomic E-state index is 11.9. The smallest absolute Gasteiger partial charge is 0.244 e. The van der Waals surface area contributed by atoms with E-state index < -0.39 is 0 Å². The van der Waals surface area contributed by atoms with Gasteiger partial charge in [0, 0.05) is 11.0 Å². The summed E-state index contributed by atoms with van der Waals surface area (Å²) in [7, 11) is 0.